The Labute approximate surface area is 155 Å². The molecule has 1 nitrogen and oxygen atoms in total. The zero-order chi connectivity index (χ0) is 18.3. The van der Waals surface area contributed by atoms with Gasteiger partial charge in [-0.15, -0.1) is 5.54 Å². The third kappa shape index (κ3) is 6.90. The fourth-order valence-electron chi connectivity index (χ4n) is 2.86. The van der Waals surface area contributed by atoms with Crippen LogP contribution in [-0.2, 0) is 13.1 Å². The van der Waals surface area contributed by atoms with Gasteiger partial charge >= 0.3 is 0 Å². The van der Waals surface area contributed by atoms with Crippen LogP contribution in [0.3, 0.4) is 0 Å². The van der Waals surface area contributed by atoms with Gasteiger partial charge in [0, 0.05) is 13.1 Å². The summed E-state index contributed by atoms with van der Waals surface area (Å²) < 4.78 is 0. The Kier molecular flexibility index (Phi) is 7.05. The highest BCUT2D eigenvalue weighted by Gasteiger charge is 2.21. The molecule has 0 saturated heterocycles. The average molecular weight is 350 g/mol. The first-order valence-electron chi connectivity index (χ1n) is 9.20. The molecule has 0 amide bonds. The highest BCUT2D eigenvalue weighted by molar-refractivity contribution is 6.83. The van der Waals surface area contributed by atoms with Crippen LogP contribution in [0.1, 0.15) is 25.0 Å². The van der Waals surface area contributed by atoms with Crippen molar-refractivity contribution in [2.24, 2.45) is 5.92 Å². The summed E-state index contributed by atoms with van der Waals surface area (Å²) in [5.41, 5.74) is 6.29. The quantitative estimate of drug-likeness (QED) is 0.485. The summed E-state index contributed by atoms with van der Waals surface area (Å²) in [5.74, 6) is 4.13. The van der Waals surface area contributed by atoms with Crippen molar-refractivity contribution in [1.29, 1.82) is 0 Å². The molecule has 0 aromatic heterocycles. The number of hydrogen-bond acceptors (Lipinski definition) is 1. The number of nitrogens with zero attached hydrogens (tertiary/aromatic N) is 1. The zero-order valence-corrected chi connectivity index (χ0v) is 17.3. The molecule has 0 unspecified atom stereocenters. The lowest BCUT2D eigenvalue weighted by molar-refractivity contribution is 0.179. The highest BCUT2D eigenvalue weighted by atomic mass is 28.3. The molecule has 0 fully saturated rings. The summed E-state index contributed by atoms with van der Waals surface area (Å²) in [4.78, 5) is 2.53. The molecular weight excluding hydrogens is 318 g/mol. The Morgan fingerprint density at radius 1 is 0.800 bits per heavy atom. The van der Waals surface area contributed by atoms with Crippen molar-refractivity contribution in [3.05, 3.63) is 71.8 Å². The van der Waals surface area contributed by atoms with Crippen LogP contribution >= 0.6 is 0 Å². The molecule has 25 heavy (non-hydrogen) atoms. The van der Waals surface area contributed by atoms with Crippen molar-refractivity contribution in [2.75, 3.05) is 0 Å². The van der Waals surface area contributed by atoms with Crippen LogP contribution in [0.5, 0.6) is 0 Å². The minimum atomic E-state index is -1.38. The van der Waals surface area contributed by atoms with E-state index in [2.05, 4.69) is 111 Å². The minimum Gasteiger partial charge on any atom is -0.281 e. The predicted octanol–water partition coefficient (Wildman–Crippen LogP) is 5.59. The van der Waals surface area contributed by atoms with Crippen molar-refractivity contribution < 1.29 is 0 Å². The Morgan fingerprint density at radius 2 is 1.24 bits per heavy atom. The van der Waals surface area contributed by atoms with E-state index in [0.717, 1.165) is 13.1 Å². The number of benzene rings is 2. The fourth-order valence-corrected chi connectivity index (χ4v) is 3.44. The predicted molar refractivity (Wildman–Crippen MR) is 112 cm³/mol. The van der Waals surface area contributed by atoms with E-state index < -0.39 is 8.07 Å². The second-order valence-electron chi connectivity index (χ2n) is 8.08. The molecule has 0 aliphatic carbocycles. The second kappa shape index (κ2) is 9.04. The fraction of sp³-hybridized carbons (Fsp3) is 0.391. The van der Waals surface area contributed by atoms with E-state index in [4.69, 9.17) is 0 Å². The van der Waals surface area contributed by atoms with E-state index >= 15 is 0 Å². The third-order valence-corrected chi connectivity index (χ3v) is 4.97. The molecule has 0 aliphatic rings. The van der Waals surface area contributed by atoms with Gasteiger partial charge in [0.15, 0.2) is 0 Å². The lowest BCUT2D eigenvalue weighted by Gasteiger charge is -2.31. The zero-order valence-electron chi connectivity index (χ0n) is 16.3. The Balaban J connectivity index is 2.31. The van der Waals surface area contributed by atoms with Crippen molar-refractivity contribution in [1.82, 2.24) is 4.90 Å². The van der Waals surface area contributed by atoms with E-state index in [1.807, 2.05) is 0 Å². The van der Waals surface area contributed by atoms with Gasteiger partial charge in [0.2, 0.25) is 0 Å². The molecular formula is C23H31NSi. The molecule has 2 heteroatoms. The summed E-state index contributed by atoms with van der Waals surface area (Å²) in [6.07, 6.45) is 0. The van der Waals surface area contributed by atoms with Crippen molar-refractivity contribution >= 4 is 8.07 Å². The highest BCUT2D eigenvalue weighted by Crippen LogP contribution is 2.18. The minimum absolute atomic E-state index is 0.270. The largest absolute Gasteiger partial charge is 0.281 e. The Morgan fingerprint density at radius 3 is 1.60 bits per heavy atom. The van der Waals surface area contributed by atoms with Crippen molar-refractivity contribution in [2.45, 2.75) is 52.6 Å². The van der Waals surface area contributed by atoms with Gasteiger partial charge in [-0.2, -0.15) is 0 Å². The Hall–Kier alpha value is -1.82. The first kappa shape index (κ1) is 19.5. The van der Waals surface area contributed by atoms with Gasteiger partial charge in [-0.1, -0.05) is 100 Å². The van der Waals surface area contributed by atoms with Crippen LogP contribution in [0.2, 0.25) is 19.6 Å². The lowest BCUT2D eigenvalue weighted by atomic mass is 10.0. The van der Waals surface area contributed by atoms with Crippen molar-refractivity contribution in [3.8, 4) is 11.5 Å². The maximum absolute atomic E-state index is 3.64. The first-order valence-corrected chi connectivity index (χ1v) is 12.7. The van der Waals surface area contributed by atoms with Crippen molar-refractivity contribution in [3.63, 3.8) is 0 Å². The third-order valence-electron chi connectivity index (χ3n) is 4.08. The molecule has 0 N–H and O–H groups in total. The van der Waals surface area contributed by atoms with Gasteiger partial charge < -0.3 is 0 Å². The second-order valence-corrected chi connectivity index (χ2v) is 12.8. The normalized spacial score (nSPS) is 12.8. The van der Waals surface area contributed by atoms with Gasteiger partial charge in [-0.25, -0.2) is 0 Å². The SMILES string of the molecule is CC(C)[C@@H](C#C[Si](C)(C)C)N(Cc1ccccc1)Cc1ccccc1. The van der Waals surface area contributed by atoms with E-state index in [9.17, 15) is 0 Å². The van der Waals surface area contributed by atoms with Gasteiger partial charge in [-0.05, 0) is 17.0 Å². The van der Waals surface area contributed by atoms with Gasteiger partial charge in [0.05, 0.1) is 6.04 Å². The van der Waals surface area contributed by atoms with E-state index in [1.165, 1.54) is 11.1 Å². The molecule has 0 radical (unpaired) electrons. The summed E-state index contributed by atoms with van der Waals surface area (Å²) >= 11 is 0. The van der Waals surface area contributed by atoms with Gasteiger partial charge in [0.25, 0.3) is 0 Å². The van der Waals surface area contributed by atoms with E-state index in [1.54, 1.807) is 0 Å². The average Bonchev–Trinajstić information content (AvgIpc) is 2.55. The van der Waals surface area contributed by atoms with Crippen LogP contribution in [0.4, 0.5) is 0 Å². The van der Waals surface area contributed by atoms with E-state index in [0.29, 0.717) is 5.92 Å². The monoisotopic (exact) mass is 349 g/mol. The first-order chi connectivity index (χ1) is 11.8. The molecule has 1 atom stereocenters. The molecule has 0 aliphatic heterocycles. The smallest absolute Gasteiger partial charge is 0.129 e. The van der Waals surface area contributed by atoms with Crippen LogP contribution in [-0.4, -0.2) is 19.0 Å². The molecule has 2 aromatic carbocycles. The van der Waals surface area contributed by atoms with Gasteiger partial charge in [-0.3, -0.25) is 4.90 Å². The number of rotatable bonds is 6. The van der Waals surface area contributed by atoms with Crippen LogP contribution < -0.4 is 0 Å². The number of hydrogen-bond donors (Lipinski definition) is 0. The summed E-state index contributed by atoms with van der Waals surface area (Å²) in [6.45, 7) is 13.4. The maximum atomic E-state index is 3.64. The summed E-state index contributed by atoms with van der Waals surface area (Å²) in [5, 5.41) is 0. The summed E-state index contributed by atoms with van der Waals surface area (Å²) in [6, 6.07) is 21.7. The van der Waals surface area contributed by atoms with Gasteiger partial charge in [0.1, 0.15) is 8.07 Å². The molecule has 2 aromatic rings. The lowest BCUT2D eigenvalue weighted by Crippen LogP contribution is -2.37. The topological polar surface area (TPSA) is 3.24 Å². The standard InChI is InChI=1S/C23H31NSi/c1-20(2)23(16-17-25(3,4)5)24(18-21-12-8-6-9-13-21)19-22-14-10-7-11-15-22/h6-15,20,23H,18-19H2,1-5H3/t23-/m1/s1. The molecule has 0 bridgehead atoms. The molecule has 2 rings (SSSR count). The van der Waals surface area contributed by atoms with Crippen LogP contribution in [0.25, 0.3) is 0 Å². The molecule has 0 saturated carbocycles. The molecule has 0 heterocycles. The van der Waals surface area contributed by atoms with Crippen LogP contribution in [0.15, 0.2) is 60.7 Å². The summed E-state index contributed by atoms with van der Waals surface area (Å²) in [7, 11) is -1.38. The maximum Gasteiger partial charge on any atom is 0.129 e. The van der Waals surface area contributed by atoms with Crippen LogP contribution in [0, 0.1) is 17.4 Å². The Bertz CT molecular complexity index is 648. The molecule has 0 spiro atoms. The van der Waals surface area contributed by atoms with E-state index in [-0.39, 0.29) is 6.04 Å². The molecule has 132 valence electrons.